The molecule has 1 aromatic carbocycles. The fourth-order valence-corrected chi connectivity index (χ4v) is 1.73. The van der Waals surface area contributed by atoms with E-state index in [1.54, 1.807) is 6.08 Å². The number of methoxy groups -OCH3 is 1. The number of esters is 1. The van der Waals surface area contributed by atoms with Gasteiger partial charge in [-0.1, -0.05) is 25.1 Å². The van der Waals surface area contributed by atoms with E-state index in [2.05, 4.69) is 10.1 Å². The van der Waals surface area contributed by atoms with E-state index in [1.807, 2.05) is 31.2 Å². The first-order valence-electron chi connectivity index (χ1n) is 7.42. The molecule has 0 radical (unpaired) electrons. The zero-order chi connectivity index (χ0) is 16.2. The quantitative estimate of drug-likeness (QED) is 0.432. The smallest absolute Gasteiger partial charge is 0.305 e. The minimum atomic E-state index is -0.271. The lowest BCUT2D eigenvalue weighted by molar-refractivity contribution is -0.140. The Hall–Kier alpha value is -2.30. The summed E-state index contributed by atoms with van der Waals surface area (Å²) >= 11 is 0. The molecule has 1 aromatic rings. The minimum absolute atomic E-state index is 0.199. The van der Waals surface area contributed by atoms with Crippen LogP contribution in [0.15, 0.2) is 30.3 Å². The number of ether oxygens (including phenoxy) is 2. The van der Waals surface area contributed by atoms with E-state index in [1.165, 1.54) is 13.2 Å². The van der Waals surface area contributed by atoms with Crippen LogP contribution in [0.25, 0.3) is 6.08 Å². The second-order valence-electron chi connectivity index (χ2n) is 4.69. The number of para-hydroxylation sites is 1. The Balaban J connectivity index is 2.43. The zero-order valence-electron chi connectivity index (χ0n) is 13.1. The van der Waals surface area contributed by atoms with Gasteiger partial charge in [-0.2, -0.15) is 0 Å². The summed E-state index contributed by atoms with van der Waals surface area (Å²) in [4.78, 5) is 22.6. The molecule has 120 valence electrons. The van der Waals surface area contributed by atoms with Crippen LogP contribution >= 0.6 is 0 Å². The average Bonchev–Trinajstić information content (AvgIpc) is 2.55. The highest BCUT2D eigenvalue weighted by atomic mass is 16.5. The first kappa shape index (κ1) is 17.8. The molecular formula is C17H23NO4. The van der Waals surface area contributed by atoms with E-state index in [4.69, 9.17) is 4.74 Å². The van der Waals surface area contributed by atoms with Gasteiger partial charge in [-0.05, 0) is 25.0 Å². The summed E-state index contributed by atoms with van der Waals surface area (Å²) in [5.41, 5.74) is 0.862. The third-order valence-corrected chi connectivity index (χ3v) is 2.88. The maximum Gasteiger partial charge on any atom is 0.305 e. The predicted octanol–water partition coefficient (Wildman–Crippen LogP) is 2.56. The Morgan fingerprint density at radius 3 is 2.77 bits per heavy atom. The summed E-state index contributed by atoms with van der Waals surface area (Å²) in [6.45, 7) is 3.12. The number of hydrogen-bond acceptors (Lipinski definition) is 4. The third-order valence-electron chi connectivity index (χ3n) is 2.88. The van der Waals surface area contributed by atoms with Gasteiger partial charge in [0.25, 0.3) is 0 Å². The molecule has 0 fully saturated rings. The van der Waals surface area contributed by atoms with Crippen LogP contribution in [0.2, 0.25) is 0 Å². The molecule has 5 nitrogen and oxygen atoms in total. The summed E-state index contributed by atoms with van der Waals surface area (Å²) < 4.78 is 10.1. The minimum Gasteiger partial charge on any atom is -0.493 e. The van der Waals surface area contributed by atoms with Gasteiger partial charge >= 0.3 is 5.97 Å². The molecular weight excluding hydrogens is 282 g/mol. The summed E-state index contributed by atoms with van der Waals surface area (Å²) in [5, 5.41) is 2.72. The molecule has 0 heterocycles. The molecule has 1 amide bonds. The number of nitrogens with one attached hydrogen (secondary N) is 1. The second-order valence-corrected chi connectivity index (χ2v) is 4.69. The van der Waals surface area contributed by atoms with Gasteiger partial charge in [0.1, 0.15) is 5.75 Å². The van der Waals surface area contributed by atoms with Crippen molar-refractivity contribution in [3.8, 4) is 5.75 Å². The van der Waals surface area contributed by atoms with Gasteiger partial charge in [0.05, 0.1) is 13.7 Å². The topological polar surface area (TPSA) is 64.6 Å². The number of carbonyl (C=O) groups is 2. The fraction of sp³-hybridized carbons (Fsp3) is 0.412. The molecule has 0 spiro atoms. The molecule has 0 atom stereocenters. The molecule has 1 N–H and O–H groups in total. The van der Waals surface area contributed by atoms with E-state index in [-0.39, 0.29) is 11.9 Å². The summed E-state index contributed by atoms with van der Waals surface area (Å²) in [5.74, 6) is 0.293. The maximum atomic E-state index is 11.7. The molecule has 0 saturated heterocycles. The highest BCUT2D eigenvalue weighted by molar-refractivity contribution is 5.92. The average molecular weight is 305 g/mol. The Labute approximate surface area is 131 Å². The monoisotopic (exact) mass is 305 g/mol. The summed E-state index contributed by atoms with van der Waals surface area (Å²) in [6, 6.07) is 7.57. The Bertz CT molecular complexity index is 511. The van der Waals surface area contributed by atoms with Gasteiger partial charge in [0.15, 0.2) is 0 Å². The first-order chi connectivity index (χ1) is 10.7. The molecule has 0 aliphatic heterocycles. The maximum absolute atomic E-state index is 11.7. The van der Waals surface area contributed by atoms with Crippen LogP contribution in [0.4, 0.5) is 0 Å². The molecule has 0 aliphatic carbocycles. The highest BCUT2D eigenvalue weighted by Gasteiger charge is 2.02. The number of rotatable bonds is 9. The van der Waals surface area contributed by atoms with Crippen LogP contribution in [0.1, 0.15) is 31.7 Å². The Morgan fingerprint density at radius 2 is 2.05 bits per heavy atom. The zero-order valence-corrected chi connectivity index (χ0v) is 13.1. The first-order valence-corrected chi connectivity index (χ1v) is 7.42. The van der Waals surface area contributed by atoms with Crippen LogP contribution in [0.3, 0.4) is 0 Å². The van der Waals surface area contributed by atoms with Crippen molar-refractivity contribution in [3.63, 3.8) is 0 Å². The van der Waals surface area contributed by atoms with Crippen molar-refractivity contribution in [2.45, 2.75) is 26.2 Å². The van der Waals surface area contributed by atoms with Crippen molar-refractivity contribution < 1.29 is 19.1 Å². The molecule has 22 heavy (non-hydrogen) atoms. The van der Waals surface area contributed by atoms with Crippen molar-refractivity contribution in [2.75, 3.05) is 20.3 Å². The van der Waals surface area contributed by atoms with Gasteiger partial charge in [0, 0.05) is 24.6 Å². The summed E-state index contributed by atoms with van der Waals surface area (Å²) in [7, 11) is 1.35. The van der Waals surface area contributed by atoms with Gasteiger partial charge in [-0.15, -0.1) is 0 Å². The lowest BCUT2D eigenvalue weighted by atomic mass is 10.2. The number of amides is 1. The van der Waals surface area contributed by atoms with E-state index in [9.17, 15) is 9.59 Å². The van der Waals surface area contributed by atoms with Crippen molar-refractivity contribution in [2.24, 2.45) is 0 Å². The van der Waals surface area contributed by atoms with Crippen LogP contribution in [0.5, 0.6) is 5.75 Å². The fourth-order valence-electron chi connectivity index (χ4n) is 1.73. The number of hydrogen-bond donors (Lipinski definition) is 1. The Kier molecular flexibility index (Phi) is 8.42. The molecule has 0 bridgehead atoms. The normalized spacial score (nSPS) is 10.5. The second kappa shape index (κ2) is 10.4. The Morgan fingerprint density at radius 1 is 1.27 bits per heavy atom. The van der Waals surface area contributed by atoms with Crippen molar-refractivity contribution in [1.82, 2.24) is 5.32 Å². The molecule has 0 saturated carbocycles. The van der Waals surface area contributed by atoms with Crippen LogP contribution < -0.4 is 10.1 Å². The third kappa shape index (κ3) is 6.92. The lowest BCUT2D eigenvalue weighted by Gasteiger charge is -2.07. The van der Waals surface area contributed by atoms with E-state index < -0.39 is 0 Å². The molecule has 0 aliphatic rings. The predicted molar refractivity (Wildman–Crippen MR) is 85.5 cm³/mol. The van der Waals surface area contributed by atoms with Crippen LogP contribution in [0, 0.1) is 0 Å². The SMILES string of the molecule is CCCOc1ccccc1/C=C/C(=O)NCCCC(=O)OC. The van der Waals surface area contributed by atoms with E-state index in [0.29, 0.717) is 26.0 Å². The van der Waals surface area contributed by atoms with Crippen LogP contribution in [-0.2, 0) is 14.3 Å². The van der Waals surface area contributed by atoms with E-state index >= 15 is 0 Å². The lowest BCUT2D eigenvalue weighted by Crippen LogP contribution is -2.22. The summed E-state index contributed by atoms with van der Waals surface area (Å²) in [6.07, 6.45) is 4.97. The molecule has 5 heteroatoms. The van der Waals surface area contributed by atoms with Crippen LogP contribution in [-0.4, -0.2) is 32.1 Å². The van der Waals surface area contributed by atoms with Crippen molar-refractivity contribution >= 4 is 18.0 Å². The largest absolute Gasteiger partial charge is 0.493 e. The van der Waals surface area contributed by atoms with E-state index in [0.717, 1.165) is 17.7 Å². The number of benzene rings is 1. The van der Waals surface area contributed by atoms with Gasteiger partial charge in [-0.3, -0.25) is 9.59 Å². The number of carbonyl (C=O) groups excluding carboxylic acids is 2. The van der Waals surface area contributed by atoms with Crippen molar-refractivity contribution in [1.29, 1.82) is 0 Å². The van der Waals surface area contributed by atoms with Crippen molar-refractivity contribution in [3.05, 3.63) is 35.9 Å². The van der Waals surface area contributed by atoms with Gasteiger partial charge in [0.2, 0.25) is 5.91 Å². The highest BCUT2D eigenvalue weighted by Crippen LogP contribution is 2.19. The van der Waals surface area contributed by atoms with Gasteiger partial charge < -0.3 is 14.8 Å². The standard InChI is InChI=1S/C17H23NO4/c1-3-13-22-15-8-5-4-7-14(15)10-11-16(19)18-12-6-9-17(20)21-2/h4-5,7-8,10-11H,3,6,9,12-13H2,1-2H3,(H,18,19)/b11-10+. The molecule has 0 unspecified atom stereocenters. The molecule has 0 aromatic heterocycles. The van der Waals surface area contributed by atoms with Gasteiger partial charge in [-0.25, -0.2) is 0 Å². The molecule has 1 rings (SSSR count).